The van der Waals surface area contributed by atoms with Gasteiger partial charge in [0.25, 0.3) is 0 Å². The summed E-state index contributed by atoms with van der Waals surface area (Å²) in [6, 6.07) is 0. The van der Waals surface area contributed by atoms with E-state index in [0.29, 0.717) is 37.9 Å². The van der Waals surface area contributed by atoms with E-state index in [1.165, 1.54) is 0 Å². The fraction of sp³-hybridized carbons (Fsp3) is 0.706. The molecule has 0 bridgehead atoms. The van der Waals surface area contributed by atoms with Crippen LogP contribution in [0.1, 0.15) is 46.0 Å². The Hall–Kier alpha value is -1.85. The number of ether oxygens (including phenoxy) is 1. The Labute approximate surface area is 137 Å². The number of esters is 1. The van der Waals surface area contributed by atoms with Gasteiger partial charge in [0.05, 0.1) is 6.54 Å². The fourth-order valence-electron chi connectivity index (χ4n) is 2.90. The second-order valence-electron chi connectivity index (χ2n) is 6.26. The van der Waals surface area contributed by atoms with E-state index in [2.05, 4.69) is 0 Å². The van der Waals surface area contributed by atoms with Gasteiger partial charge in [-0.3, -0.25) is 9.59 Å². The van der Waals surface area contributed by atoms with Crippen LogP contribution < -0.4 is 0 Å². The van der Waals surface area contributed by atoms with Crippen molar-refractivity contribution in [3.8, 4) is 0 Å². The number of hydrogen-bond donors (Lipinski definition) is 0. The maximum atomic E-state index is 12.0. The maximum absolute atomic E-state index is 12.0. The van der Waals surface area contributed by atoms with E-state index in [1.54, 1.807) is 11.8 Å². The van der Waals surface area contributed by atoms with Crippen molar-refractivity contribution in [2.24, 2.45) is 0 Å². The highest BCUT2D eigenvalue weighted by atomic mass is 16.5. The molecule has 0 aliphatic carbocycles. The van der Waals surface area contributed by atoms with Gasteiger partial charge >= 0.3 is 5.97 Å². The summed E-state index contributed by atoms with van der Waals surface area (Å²) in [7, 11) is 0. The smallest absolute Gasteiger partial charge is 0.333 e. The van der Waals surface area contributed by atoms with Crippen molar-refractivity contribution in [2.75, 3.05) is 32.8 Å². The first-order valence-corrected chi connectivity index (χ1v) is 8.38. The van der Waals surface area contributed by atoms with Crippen LogP contribution in [0.25, 0.3) is 0 Å². The quantitative estimate of drug-likeness (QED) is 0.526. The maximum Gasteiger partial charge on any atom is 0.333 e. The molecule has 2 amide bonds. The van der Waals surface area contributed by atoms with Crippen LogP contribution in [0, 0.1) is 0 Å². The summed E-state index contributed by atoms with van der Waals surface area (Å²) in [6.45, 7) is 6.61. The minimum Gasteiger partial charge on any atom is -0.460 e. The predicted octanol–water partition coefficient (Wildman–Crippen LogP) is 1.50. The molecule has 2 saturated heterocycles. The van der Waals surface area contributed by atoms with Gasteiger partial charge in [0, 0.05) is 38.0 Å². The summed E-state index contributed by atoms with van der Waals surface area (Å²) in [5.41, 5.74) is 1.55. The van der Waals surface area contributed by atoms with E-state index < -0.39 is 0 Å². The van der Waals surface area contributed by atoms with Gasteiger partial charge in [0.2, 0.25) is 11.8 Å². The predicted molar refractivity (Wildman–Crippen MR) is 85.6 cm³/mol. The standard InChI is InChI=1S/C17H26N2O4/c1-13(7-10-18-8-3-5-15(18)20)14(2)17(22)23-12-11-19-9-4-6-16(19)21/h3-12H2,1-2H3. The Bertz CT molecular complexity index is 513. The number of likely N-dealkylation sites (tertiary alicyclic amines) is 2. The van der Waals surface area contributed by atoms with Crippen molar-refractivity contribution in [3.05, 3.63) is 11.1 Å². The SMILES string of the molecule is CC(CCN1CCCC1=O)=C(C)C(=O)OCCN1CCCC1=O. The lowest BCUT2D eigenvalue weighted by atomic mass is 10.1. The third-order valence-electron chi connectivity index (χ3n) is 4.64. The molecule has 6 nitrogen and oxygen atoms in total. The fourth-order valence-corrected chi connectivity index (χ4v) is 2.90. The Balaban J connectivity index is 1.73. The number of rotatable bonds is 7. The topological polar surface area (TPSA) is 66.9 Å². The first-order chi connectivity index (χ1) is 11.0. The lowest BCUT2D eigenvalue weighted by molar-refractivity contribution is -0.141. The second-order valence-corrected chi connectivity index (χ2v) is 6.26. The molecule has 0 spiro atoms. The second kappa shape index (κ2) is 8.13. The molecule has 2 rings (SSSR count). The van der Waals surface area contributed by atoms with Gasteiger partial charge in [0.1, 0.15) is 6.61 Å². The number of amides is 2. The minimum absolute atomic E-state index is 0.139. The van der Waals surface area contributed by atoms with Crippen molar-refractivity contribution in [1.29, 1.82) is 0 Å². The van der Waals surface area contributed by atoms with Crippen molar-refractivity contribution in [2.45, 2.75) is 46.0 Å². The lowest BCUT2D eigenvalue weighted by Crippen LogP contribution is -2.29. The largest absolute Gasteiger partial charge is 0.460 e. The number of nitrogens with zero attached hydrogens (tertiary/aromatic N) is 2. The van der Waals surface area contributed by atoms with E-state index in [-0.39, 0.29) is 24.4 Å². The van der Waals surface area contributed by atoms with Crippen LogP contribution in [-0.2, 0) is 19.1 Å². The summed E-state index contributed by atoms with van der Waals surface area (Å²) in [5.74, 6) is 0.00924. The third-order valence-corrected chi connectivity index (χ3v) is 4.64. The molecule has 2 aliphatic rings. The molecule has 0 aromatic heterocycles. The Morgan fingerprint density at radius 2 is 1.57 bits per heavy atom. The van der Waals surface area contributed by atoms with Gasteiger partial charge < -0.3 is 14.5 Å². The van der Waals surface area contributed by atoms with Crippen molar-refractivity contribution in [3.63, 3.8) is 0 Å². The Morgan fingerprint density at radius 3 is 2.09 bits per heavy atom. The van der Waals surface area contributed by atoms with E-state index in [4.69, 9.17) is 4.74 Å². The first-order valence-electron chi connectivity index (χ1n) is 8.38. The molecule has 0 aromatic carbocycles. The normalized spacial score (nSPS) is 19.4. The first kappa shape index (κ1) is 17.5. The van der Waals surface area contributed by atoms with Crippen LogP contribution in [0.3, 0.4) is 0 Å². The van der Waals surface area contributed by atoms with Crippen LogP contribution in [0.2, 0.25) is 0 Å². The molecule has 0 aromatic rings. The van der Waals surface area contributed by atoms with Crippen molar-refractivity contribution in [1.82, 2.24) is 9.80 Å². The molecule has 23 heavy (non-hydrogen) atoms. The Morgan fingerprint density at radius 1 is 1.00 bits per heavy atom. The molecule has 0 saturated carbocycles. The third kappa shape index (κ3) is 4.81. The molecule has 2 heterocycles. The summed E-state index contributed by atoms with van der Waals surface area (Å²) >= 11 is 0. The molecular weight excluding hydrogens is 296 g/mol. The molecule has 2 aliphatic heterocycles. The minimum atomic E-state index is -0.332. The van der Waals surface area contributed by atoms with E-state index in [1.807, 2.05) is 11.8 Å². The average Bonchev–Trinajstić information content (AvgIpc) is 3.12. The van der Waals surface area contributed by atoms with Crippen molar-refractivity contribution < 1.29 is 19.1 Å². The molecule has 6 heteroatoms. The van der Waals surface area contributed by atoms with E-state index in [9.17, 15) is 14.4 Å². The molecule has 0 radical (unpaired) electrons. The summed E-state index contributed by atoms with van der Waals surface area (Å²) in [5, 5.41) is 0. The molecule has 0 unspecified atom stereocenters. The van der Waals surface area contributed by atoms with Crippen LogP contribution >= 0.6 is 0 Å². The zero-order valence-corrected chi connectivity index (χ0v) is 14.1. The van der Waals surface area contributed by atoms with Gasteiger partial charge in [-0.05, 0) is 33.1 Å². The van der Waals surface area contributed by atoms with Gasteiger partial charge in [-0.15, -0.1) is 0 Å². The highest BCUT2D eigenvalue weighted by Gasteiger charge is 2.21. The van der Waals surface area contributed by atoms with Crippen LogP contribution in [0.5, 0.6) is 0 Å². The summed E-state index contributed by atoms with van der Waals surface area (Å²) in [4.78, 5) is 38.7. The highest BCUT2D eigenvalue weighted by molar-refractivity contribution is 5.88. The highest BCUT2D eigenvalue weighted by Crippen LogP contribution is 2.15. The van der Waals surface area contributed by atoms with Gasteiger partial charge in [0.15, 0.2) is 0 Å². The molecule has 2 fully saturated rings. The van der Waals surface area contributed by atoms with Crippen LogP contribution in [-0.4, -0.2) is 60.4 Å². The van der Waals surface area contributed by atoms with E-state index in [0.717, 1.165) is 31.5 Å². The zero-order valence-electron chi connectivity index (χ0n) is 14.1. The monoisotopic (exact) mass is 322 g/mol. The van der Waals surface area contributed by atoms with Crippen LogP contribution in [0.4, 0.5) is 0 Å². The molecule has 0 atom stereocenters. The van der Waals surface area contributed by atoms with Crippen LogP contribution in [0.15, 0.2) is 11.1 Å². The molecule has 0 N–H and O–H groups in total. The lowest BCUT2D eigenvalue weighted by Gasteiger charge is -2.17. The molecular formula is C17H26N2O4. The zero-order chi connectivity index (χ0) is 16.8. The number of hydrogen-bond acceptors (Lipinski definition) is 4. The van der Waals surface area contributed by atoms with Gasteiger partial charge in [-0.1, -0.05) is 5.57 Å². The molecule has 128 valence electrons. The number of carbonyl (C=O) groups is 3. The van der Waals surface area contributed by atoms with Gasteiger partial charge in [-0.25, -0.2) is 4.79 Å². The summed E-state index contributed by atoms with van der Waals surface area (Å²) in [6.07, 6.45) is 3.75. The summed E-state index contributed by atoms with van der Waals surface area (Å²) < 4.78 is 5.26. The van der Waals surface area contributed by atoms with Gasteiger partial charge in [-0.2, -0.15) is 0 Å². The Kier molecular flexibility index (Phi) is 6.19. The number of carbonyl (C=O) groups excluding carboxylic acids is 3. The van der Waals surface area contributed by atoms with Crippen molar-refractivity contribution >= 4 is 17.8 Å². The average molecular weight is 322 g/mol. The van der Waals surface area contributed by atoms with E-state index >= 15 is 0 Å².